The molecule has 0 bridgehead atoms. The van der Waals surface area contributed by atoms with Crippen molar-refractivity contribution in [3.63, 3.8) is 0 Å². The molecule has 0 spiro atoms. The molecule has 0 saturated heterocycles. The summed E-state index contributed by atoms with van der Waals surface area (Å²) in [5.41, 5.74) is 0.640. The van der Waals surface area contributed by atoms with Crippen molar-refractivity contribution in [3.8, 4) is 0 Å². The topological polar surface area (TPSA) is 49.4 Å². The number of nitrogens with one attached hydrogen (secondary N) is 1. The fraction of sp³-hybridized carbons (Fsp3) is 0.500. The molecule has 0 aliphatic heterocycles. The number of rotatable bonds is 8. The average molecular weight is 345 g/mol. The van der Waals surface area contributed by atoms with Crippen molar-refractivity contribution in [2.75, 3.05) is 18.0 Å². The molecule has 0 aliphatic rings. The Bertz CT molecular complexity index is 521. The van der Waals surface area contributed by atoms with Gasteiger partial charge in [-0.05, 0) is 24.6 Å². The minimum Gasteiger partial charge on any atom is -0.356 e. The van der Waals surface area contributed by atoms with Crippen LogP contribution in [0.25, 0.3) is 0 Å². The predicted octanol–water partition coefficient (Wildman–Crippen LogP) is 4.04. The maximum Gasteiger partial charge on any atom is 0.223 e. The van der Waals surface area contributed by atoms with Gasteiger partial charge in [0.1, 0.15) is 0 Å². The molecule has 0 atom stereocenters. The number of hydrogen-bond donors (Lipinski definition) is 1. The lowest BCUT2D eigenvalue weighted by atomic mass is 10.2. The average Bonchev–Trinajstić information content (AvgIpc) is 2.47. The molecule has 6 heteroatoms. The van der Waals surface area contributed by atoms with Crippen LogP contribution in [0, 0.1) is 0 Å². The minimum atomic E-state index is -0.142. The van der Waals surface area contributed by atoms with Crippen molar-refractivity contribution < 1.29 is 9.59 Å². The predicted molar refractivity (Wildman–Crippen MR) is 91.6 cm³/mol. The maximum atomic E-state index is 11.8. The van der Waals surface area contributed by atoms with Crippen LogP contribution in [0.1, 0.15) is 39.5 Å². The first-order chi connectivity index (χ1) is 10.5. The van der Waals surface area contributed by atoms with Crippen molar-refractivity contribution in [3.05, 3.63) is 28.2 Å². The Morgan fingerprint density at radius 2 is 1.91 bits per heavy atom. The van der Waals surface area contributed by atoms with E-state index >= 15 is 0 Å². The van der Waals surface area contributed by atoms with Gasteiger partial charge >= 0.3 is 0 Å². The minimum absolute atomic E-state index is 0.0533. The summed E-state index contributed by atoms with van der Waals surface area (Å²) < 4.78 is 0. The summed E-state index contributed by atoms with van der Waals surface area (Å²) in [6.45, 7) is 4.57. The van der Waals surface area contributed by atoms with E-state index in [0.717, 1.165) is 19.3 Å². The van der Waals surface area contributed by atoms with Gasteiger partial charge in [-0.15, -0.1) is 0 Å². The second kappa shape index (κ2) is 9.70. The van der Waals surface area contributed by atoms with Gasteiger partial charge in [-0.25, -0.2) is 0 Å². The van der Waals surface area contributed by atoms with E-state index in [1.165, 1.54) is 11.8 Å². The third-order valence-corrected chi connectivity index (χ3v) is 4.00. The Kier molecular flexibility index (Phi) is 8.28. The second-order valence-electron chi connectivity index (χ2n) is 5.08. The molecule has 0 unspecified atom stereocenters. The SMILES string of the molecule is CCCCCNC(=O)CCN(C(C)=O)c1ccc(Cl)c(Cl)c1. The van der Waals surface area contributed by atoms with Crippen molar-refractivity contribution in [2.45, 2.75) is 39.5 Å². The zero-order chi connectivity index (χ0) is 16.5. The highest BCUT2D eigenvalue weighted by atomic mass is 35.5. The van der Waals surface area contributed by atoms with E-state index < -0.39 is 0 Å². The summed E-state index contributed by atoms with van der Waals surface area (Å²) >= 11 is 11.9. The molecule has 1 N–H and O–H groups in total. The van der Waals surface area contributed by atoms with Gasteiger partial charge < -0.3 is 10.2 Å². The molecular formula is C16H22Cl2N2O2. The van der Waals surface area contributed by atoms with Gasteiger partial charge in [-0.1, -0.05) is 43.0 Å². The number of benzene rings is 1. The number of halogens is 2. The van der Waals surface area contributed by atoms with Gasteiger partial charge in [-0.2, -0.15) is 0 Å². The molecule has 0 fully saturated rings. The third kappa shape index (κ3) is 6.24. The van der Waals surface area contributed by atoms with Crippen molar-refractivity contribution in [2.24, 2.45) is 0 Å². The molecule has 0 heterocycles. The van der Waals surface area contributed by atoms with Crippen LogP contribution in [0.5, 0.6) is 0 Å². The number of unbranched alkanes of at least 4 members (excludes halogenated alkanes) is 2. The molecule has 22 heavy (non-hydrogen) atoms. The lowest BCUT2D eigenvalue weighted by Crippen LogP contribution is -2.34. The summed E-state index contributed by atoms with van der Waals surface area (Å²) in [5, 5.41) is 3.68. The van der Waals surface area contributed by atoms with Crippen LogP contribution in [0.2, 0.25) is 10.0 Å². The Labute approximate surface area is 141 Å². The molecule has 0 aromatic heterocycles. The summed E-state index contributed by atoms with van der Waals surface area (Å²) in [6, 6.07) is 4.99. The summed E-state index contributed by atoms with van der Waals surface area (Å²) in [7, 11) is 0. The van der Waals surface area contributed by atoms with Gasteiger partial charge in [0, 0.05) is 32.1 Å². The lowest BCUT2D eigenvalue weighted by molar-refractivity contribution is -0.121. The molecule has 0 saturated carbocycles. The van der Waals surface area contributed by atoms with Crippen LogP contribution in [-0.4, -0.2) is 24.9 Å². The molecule has 122 valence electrons. The first kappa shape index (κ1) is 18.8. The highest BCUT2D eigenvalue weighted by Gasteiger charge is 2.14. The molecule has 1 rings (SSSR count). The Morgan fingerprint density at radius 1 is 1.18 bits per heavy atom. The largest absolute Gasteiger partial charge is 0.356 e. The third-order valence-electron chi connectivity index (χ3n) is 3.26. The van der Waals surface area contributed by atoms with Crippen molar-refractivity contribution in [1.82, 2.24) is 5.32 Å². The van der Waals surface area contributed by atoms with Gasteiger partial charge in [-0.3, -0.25) is 9.59 Å². The Balaban J connectivity index is 2.56. The number of amides is 2. The first-order valence-corrected chi connectivity index (χ1v) is 8.21. The summed E-state index contributed by atoms with van der Waals surface area (Å²) in [5.74, 6) is -0.195. The van der Waals surface area contributed by atoms with Crippen LogP contribution in [-0.2, 0) is 9.59 Å². The van der Waals surface area contributed by atoms with E-state index in [-0.39, 0.29) is 18.2 Å². The quantitative estimate of drug-likeness (QED) is 0.723. The smallest absolute Gasteiger partial charge is 0.223 e. The fourth-order valence-electron chi connectivity index (χ4n) is 2.03. The molecule has 1 aromatic carbocycles. The number of anilines is 1. The van der Waals surface area contributed by atoms with E-state index in [4.69, 9.17) is 23.2 Å². The number of carbonyl (C=O) groups is 2. The lowest BCUT2D eigenvalue weighted by Gasteiger charge is -2.21. The van der Waals surface area contributed by atoms with E-state index in [1.54, 1.807) is 18.2 Å². The molecule has 2 amide bonds. The summed E-state index contributed by atoms with van der Waals surface area (Å²) in [4.78, 5) is 25.1. The molecule has 0 aliphatic carbocycles. The van der Waals surface area contributed by atoms with Crippen LogP contribution in [0.4, 0.5) is 5.69 Å². The van der Waals surface area contributed by atoms with Crippen LogP contribution in [0.3, 0.4) is 0 Å². The van der Waals surface area contributed by atoms with Gasteiger partial charge in [0.15, 0.2) is 0 Å². The molecular weight excluding hydrogens is 323 g/mol. The molecule has 0 radical (unpaired) electrons. The monoisotopic (exact) mass is 344 g/mol. The second-order valence-corrected chi connectivity index (χ2v) is 5.89. The van der Waals surface area contributed by atoms with Gasteiger partial charge in [0.2, 0.25) is 11.8 Å². The van der Waals surface area contributed by atoms with Crippen molar-refractivity contribution in [1.29, 1.82) is 0 Å². The van der Waals surface area contributed by atoms with Gasteiger partial charge in [0.05, 0.1) is 10.0 Å². The number of carbonyl (C=O) groups excluding carboxylic acids is 2. The number of hydrogen-bond acceptors (Lipinski definition) is 2. The van der Waals surface area contributed by atoms with Crippen LogP contribution >= 0.6 is 23.2 Å². The zero-order valence-electron chi connectivity index (χ0n) is 13.0. The van der Waals surface area contributed by atoms with Crippen LogP contribution in [0.15, 0.2) is 18.2 Å². The van der Waals surface area contributed by atoms with E-state index in [1.807, 2.05) is 0 Å². The van der Waals surface area contributed by atoms with E-state index in [9.17, 15) is 9.59 Å². The van der Waals surface area contributed by atoms with Crippen molar-refractivity contribution >= 4 is 40.7 Å². The molecule has 1 aromatic rings. The summed E-state index contributed by atoms with van der Waals surface area (Å²) in [6.07, 6.45) is 3.45. The normalized spacial score (nSPS) is 10.4. The number of nitrogens with zero attached hydrogens (tertiary/aromatic N) is 1. The van der Waals surface area contributed by atoms with Gasteiger partial charge in [0.25, 0.3) is 0 Å². The van der Waals surface area contributed by atoms with Crippen LogP contribution < -0.4 is 10.2 Å². The Morgan fingerprint density at radius 3 is 2.50 bits per heavy atom. The standard InChI is InChI=1S/C16H22Cl2N2O2/c1-3-4-5-9-19-16(22)8-10-20(12(2)21)13-6-7-14(17)15(18)11-13/h6-7,11H,3-5,8-10H2,1-2H3,(H,19,22). The van der Waals surface area contributed by atoms with E-state index in [0.29, 0.717) is 28.8 Å². The highest BCUT2D eigenvalue weighted by Crippen LogP contribution is 2.27. The maximum absolute atomic E-state index is 11.8. The molecule has 4 nitrogen and oxygen atoms in total. The zero-order valence-corrected chi connectivity index (χ0v) is 14.5. The Hall–Kier alpha value is -1.26. The highest BCUT2D eigenvalue weighted by molar-refractivity contribution is 6.42. The first-order valence-electron chi connectivity index (χ1n) is 7.45. The fourth-order valence-corrected chi connectivity index (χ4v) is 2.32. The van der Waals surface area contributed by atoms with E-state index in [2.05, 4.69) is 12.2 Å².